The second-order valence-electron chi connectivity index (χ2n) is 3.91. The van der Waals surface area contributed by atoms with Crippen LogP contribution in [0.1, 0.15) is 32.6 Å². The first-order valence-corrected chi connectivity index (χ1v) is 4.89. The molecule has 2 fully saturated rings. The molecule has 0 spiro atoms. The first-order chi connectivity index (χ1) is 5.77. The molecule has 3 unspecified atom stereocenters. The van der Waals surface area contributed by atoms with E-state index in [9.17, 15) is 5.11 Å². The Labute approximate surface area is 73.3 Å². The molecule has 0 bridgehead atoms. The average Bonchev–Trinajstić information content (AvgIpc) is 2.46. The van der Waals surface area contributed by atoms with Crippen molar-refractivity contribution >= 4 is 0 Å². The zero-order chi connectivity index (χ0) is 8.55. The number of aliphatic hydroxyl groups excluding tert-OH is 1. The van der Waals surface area contributed by atoms with E-state index in [2.05, 4.69) is 5.06 Å². The van der Waals surface area contributed by atoms with Crippen molar-refractivity contribution in [1.29, 1.82) is 0 Å². The number of rotatable bonds is 1. The van der Waals surface area contributed by atoms with Crippen LogP contribution in [-0.2, 0) is 4.84 Å². The number of hydroxylamine groups is 2. The zero-order valence-corrected chi connectivity index (χ0v) is 7.57. The molecule has 3 atom stereocenters. The van der Waals surface area contributed by atoms with Gasteiger partial charge < -0.3 is 5.11 Å². The number of hydrogen-bond donors (Lipinski definition) is 1. The number of nitrogens with zero attached hydrogens (tertiary/aromatic N) is 1. The lowest BCUT2D eigenvalue weighted by molar-refractivity contribution is -0.189. The van der Waals surface area contributed by atoms with Gasteiger partial charge in [0.05, 0.1) is 6.10 Å². The Bertz CT molecular complexity index is 147. The Hall–Kier alpha value is -0.120. The van der Waals surface area contributed by atoms with E-state index in [0.29, 0.717) is 6.04 Å². The quantitative estimate of drug-likeness (QED) is 0.637. The second kappa shape index (κ2) is 3.32. The van der Waals surface area contributed by atoms with Crippen LogP contribution in [0.4, 0.5) is 0 Å². The minimum Gasteiger partial charge on any atom is -0.391 e. The van der Waals surface area contributed by atoms with Crippen LogP contribution in [0.15, 0.2) is 0 Å². The Kier molecular flexibility index (Phi) is 2.35. The van der Waals surface area contributed by atoms with Gasteiger partial charge in [0.25, 0.3) is 0 Å². The van der Waals surface area contributed by atoms with Crippen LogP contribution < -0.4 is 0 Å². The van der Waals surface area contributed by atoms with Crippen LogP contribution in [0, 0.1) is 0 Å². The van der Waals surface area contributed by atoms with Crippen molar-refractivity contribution in [2.45, 2.75) is 50.9 Å². The fourth-order valence-electron chi connectivity index (χ4n) is 2.12. The third-order valence-electron chi connectivity index (χ3n) is 2.89. The molecule has 70 valence electrons. The van der Waals surface area contributed by atoms with Crippen molar-refractivity contribution in [3.63, 3.8) is 0 Å². The predicted molar refractivity (Wildman–Crippen MR) is 45.5 cm³/mol. The van der Waals surface area contributed by atoms with Gasteiger partial charge in [0.2, 0.25) is 0 Å². The smallest absolute Gasteiger partial charge is 0.106 e. The molecule has 2 heterocycles. The van der Waals surface area contributed by atoms with E-state index in [4.69, 9.17) is 4.84 Å². The summed E-state index contributed by atoms with van der Waals surface area (Å²) >= 11 is 0. The summed E-state index contributed by atoms with van der Waals surface area (Å²) in [5, 5.41) is 11.4. The van der Waals surface area contributed by atoms with Crippen molar-refractivity contribution in [3.05, 3.63) is 0 Å². The van der Waals surface area contributed by atoms with Crippen molar-refractivity contribution in [2.24, 2.45) is 0 Å². The van der Waals surface area contributed by atoms with E-state index in [0.717, 1.165) is 13.0 Å². The van der Waals surface area contributed by atoms with E-state index in [-0.39, 0.29) is 12.2 Å². The van der Waals surface area contributed by atoms with Gasteiger partial charge in [-0.05, 0) is 26.2 Å². The highest BCUT2D eigenvalue weighted by Gasteiger charge is 2.36. The van der Waals surface area contributed by atoms with E-state index in [1.807, 2.05) is 6.92 Å². The SMILES string of the molecule is CC(O)C1CC2CCCCN2O1. The number of piperidine rings is 1. The maximum absolute atomic E-state index is 9.35. The maximum atomic E-state index is 9.35. The highest BCUT2D eigenvalue weighted by Crippen LogP contribution is 2.30. The Morgan fingerprint density at radius 2 is 2.33 bits per heavy atom. The minimum atomic E-state index is -0.324. The summed E-state index contributed by atoms with van der Waals surface area (Å²) in [6, 6.07) is 0.582. The first kappa shape index (κ1) is 8.48. The Balaban J connectivity index is 1.94. The Morgan fingerprint density at radius 3 is 3.00 bits per heavy atom. The van der Waals surface area contributed by atoms with E-state index >= 15 is 0 Å². The molecule has 0 aliphatic carbocycles. The third-order valence-corrected chi connectivity index (χ3v) is 2.89. The van der Waals surface area contributed by atoms with Crippen LogP contribution in [0.25, 0.3) is 0 Å². The molecule has 0 amide bonds. The Morgan fingerprint density at radius 1 is 1.50 bits per heavy atom. The van der Waals surface area contributed by atoms with E-state index in [1.54, 1.807) is 0 Å². The largest absolute Gasteiger partial charge is 0.391 e. The molecule has 3 nitrogen and oxygen atoms in total. The average molecular weight is 171 g/mol. The van der Waals surface area contributed by atoms with Crippen molar-refractivity contribution < 1.29 is 9.94 Å². The van der Waals surface area contributed by atoms with E-state index < -0.39 is 0 Å². The van der Waals surface area contributed by atoms with Crippen molar-refractivity contribution in [1.82, 2.24) is 5.06 Å². The molecule has 2 aliphatic heterocycles. The summed E-state index contributed by atoms with van der Waals surface area (Å²) in [5.74, 6) is 0. The van der Waals surface area contributed by atoms with Gasteiger partial charge in [-0.1, -0.05) is 6.42 Å². The van der Waals surface area contributed by atoms with Gasteiger partial charge in [-0.3, -0.25) is 4.84 Å². The molecule has 1 N–H and O–H groups in total. The van der Waals surface area contributed by atoms with Crippen LogP contribution in [0.2, 0.25) is 0 Å². The maximum Gasteiger partial charge on any atom is 0.106 e. The summed E-state index contributed by atoms with van der Waals surface area (Å²) < 4.78 is 0. The standard InChI is InChI=1S/C9H17NO2/c1-7(11)9-6-8-4-2-3-5-10(8)12-9/h7-9,11H,2-6H2,1H3. The fraction of sp³-hybridized carbons (Fsp3) is 1.00. The fourth-order valence-corrected chi connectivity index (χ4v) is 2.12. The summed E-state index contributed by atoms with van der Waals surface area (Å²) in [4.78, 5) is 5.61. The molecular formula is C9H17NO2. The summed E-state index contributed by atoms with van der Waals surface area (Å²) in [5.41, 5.74) is 0. The third kappa shape index (κ3) is 1.49. The van der Waals surface area contributed by atoms with Gasteiger partial charge in [0, 0.05) is 12.6 Å². The molecule has 0 aromatic heterocycles. The van der Waals surface area contributed by atoms with Gasteiger partial charge in [0.15, 0.2) is 0 Å². The topological polar surface area (TPSA) is 32.7 Å². The van der Waals surface area contributed by atoms with Crippen LogP contribution in [0.5, 0.6) is 0 Å². The van der Waals surface area contributed by atoms with Gasteiger partial charge in [-0.2, -0.15) is 5.06 Å². The molecule has 2 rings (SSSR count). The molecule has 3 heteroatoms. The lowest BCUT2D eigenvalue weighted by atomic mass is 9.99. The number of fused-ring (bicyclic) bond motifs is 1. The number of hydrogen-bond acceptors (Lipinski definition) is 3. The highest BCUT2D eigenvalue weighted by molar-refractivity contribution is 4.83. The summed E-state index contributed by atoms with van der Waals surface area (Å²) in [6.45, 7) is 2.86. The predicted octanol–water partition coefficient (Wildman–Crippen LogP) is 0.926. The molecular weight excluding hydrogens is 154 g/mol. The van der Waals surface area contributed by atoms with Gasteiger partial charge in [0.1, 0.15) is 6.10 Å². The zero-order valence-electron chi connectivity index (χ0n) is 7.57. The van der Waals surface area contributed by atoms with Crippen LogP contribution in [-0.4, -0.2) is 35.0 Å². The summed E-state index contributed by atoms with van der Waals surface area (Å²) in [6.07, 6.45) is 4.53. The molecule has 0 aromatic rings. The van der Waals surface area contributed by atoms with Gasteiger partial charge in [-0.15, -0.1) is 0 Å². The van der Waals surface area contributed by atoms with E-state index in [1.165, 1.54) is 19.3 Å². The molecule has 0 aromatic carbocycles. The first-order valence-electron chi connectivity index (χ1n) is 4.89. The molecule has 0 saturated carbocycles. The lowest BCUT2D eigenvalue weighted by Gasteiger charge is -2.26. The molecule has 2 saturated heterocycles. The monoisotopic (exact) mass is 171 g/mol. The summed E-state index contributed by atoms with van der Waals surface area (Å²) in [7, 11) is 0. The normalized spacial score (nSPS) is 39.5. The van der Waals surface area contributed by atoms with Crippen LogP contribution in [0.3, 0.4) is 0 Å². The lowest BCUT2D eigenvalue weighted by Crippen LogP contribution is -2.33. The van der Waals surface area contributed by atoms with Crippen LogP contribution >= 0.6 is 0 Å². The second-order valence-corrected chi connectivity index (χ2v) is 3.91. The van der Waals surface area contributed by atoms with Crippen molar-refractivity contribution in [2.75, 3.05) is 6.54 Å². The highest BCUT2D eigenvalue weighted by atomic mass is 16.7. The van der Waals surface area contributed by atoms with Gasteiger partial charge >= 0.3 is 0 Å². The molecule has 12 heavy (non-hydrogen) atoms. The van der Waals surface area contributed by atoms with Crippen molar-refractivity contribution in [3.8, 4) is 0 Å². The van der Waals surface area contributed by atoms with Gasteiger partial charge in [-0.25, -0.2) is 0 Å². The molecule has 0 radical (unpaired) electrons. The minimum absolute atomic E-state index is 0.0492. The molecule has 2 aliphatic rings. The number of aliphatic hydroxyl groups is 1.